The highest BCUT2D eigenvalue weighted by atomic mass is 16.4. The van der Waals surface area contributed by atoms with Crippen molar-refractivity contribution in [3.8, 4) is 0 Å². The molecule has 4 rings (SSSR count). The maximum atomic E-state index is 12.3. The summed E-state index contributed by atoms with van der Waals surface area (Å²) in [7, 11) is 0. The molecule has 0 spiro atoms. The van der Waals surface area contributed by atoms with Gasteiger partial charge in [-0.25, -0.2) is 14.5 Å². The number of aryl methyl sites for hydroxylation is 1. The van der Waals surface area contributed by atoms with Crippen LogP contribution in [0.1, 0.15) is 19.4 Å². The van der Waals surface area contributed by atoms with Crippen molar-refractivity contribution in [2.75, 3.05) is 10.6 Å². The van der Waals surface area contributed by atoms with E-state index in [1.165, 1.54) is 21.9 Å². The summed E-state index contributed by atoms with van der Waals surface area (Å²) in [6.45, 7) is 1.92. The number of fused-ring (bicyclic) bond motifs is 1. The van der Waals surface area contributed by atoms with Crippen molar-refractivity contribution >= 4 is 34.3 Å². The third-order valence-electron chi connectivity index (χ3n) is 4.79. The second-order valence-corrected chi connectivity index (χ2v) is 6.90. The lowest BCUT2D eigenvalue weighted by atomic mass is 10.2. The number of para-hydroxylation sites is 2. The molecule has 2 aromatic carbocycles. The highest BCUT2D eigenvalue weighted by Crippen LogP contribution is 2.16. The molecule has 0 aliphatic carbocycles. The van der Waals surface area contributed by atoms with Gasteiger partial charge in [0.1, 0.15) is 18.7 Å². The molecule has 2 amide bonds. The molecule has 0 bridgehead atoms. The number of oxazole rings is 1. The predicted molar refractivity (Wildman–Crippen MR) is 114 cm³/mol. The number of rotatable bonds is 7. The molecule has 10 heteroatoms. The Hall–Kier alpha value is -4.21. The van der Waals surface area contributed by atoms with Gasteiger partial charge in [-0.3, -0.25) is 14.2 Å². The number of amides is 2. The second kappa shape index (κ2) is 8.66. The van der Waals surface area contributed by atoms with Crippen LogP contribution in [0.3, 0.4) is 0 Å². The summed E-state index contributed by atoms with van der Waals surface area (Å²) in [6, 6.07) is 13.3. The van der Waals surface area contributed by atoms with Crippen LogP contribution in [-0.4, -0.2) is 31.1 Å². The lowest BCUT2D eigenvalue weighted by Crippen LogP contribution is -2.24. The number of carbonyl (C=O) groups excluding carboxylic acids is 2. The Labute approximate surface area is 176 Å². The number of anilines is 2. The Morgan fingerprint density at radius 1 is 1.06 bits per heavy atom. The molecule has 0 fully saturated rings. The Balaban J connectivity index is 1.32. The van der Waals surface area contributed by atoms with E-state index in [0.29, 0.717) is 22.5 Å². The molecular formula is C21H20N6O4. The maximum Gasteiger partial charge on any atom is 0.419 e. The molecule has 2 aromatic heterocycles. The van der Waals surface area contributed by atoms with Gasteiger partial charge in [0.15, 0.2) is 5.58 Å². The van der Waals surface area contributed by atoms with Gasteiger partial charge in [-0.1, -0.05) is 12.1 Å². The van der Waals surface area contributed by atoms with E-state index < -0.39 is 11.8 Å². The smallest absolute Gasteiger partial charge is 0.408 e. The summed E-state index contributed by atoms with van der Waals surface area (Å²) in [5.74, 6) is -0.969. The first-order chi connectivity index (χ1) is 15.0. The maximum absolute atomic E-state index is 12.3. The minimum absolute atomic E-state index is 0.108. The van der Waals surface area contributed by atoms with E-state index in [2.05, 4.69) is 20.7 Å². The van der Waals surface area contributed by atoms with Crippen molar-refractivity contribution in [3.63, 3.8) is 0 Å². The largest absolute Gasteiger partial charge is 0.419 e. The first kappa shape index (κ1) is 20.1. The predicted octanol–water partition coefficient (Wildman–Crippen LogP) is 2.41. The minimum Gasteiger partial charge on any atom is -0.408 e. The number of hydrogen-bond donors (Lipinski definition) is 2. The molecule has 10 nitrogen and oxygen atoms in total. The van der Waals surface area contributed by atoms with Crippen molar-refractivity contribution in [3.05, 3.63) is 71.7 Å². The van der Waals surface area contributed by atoms with Crippen molar-refractivity contribution in [1.29, 1.82) is 0 Å². The van der Waals surface area contributed by atoms with E-state index in [1.807, 2.05) is 0 Å². The van der Waals surface area contributed by atoms with Gasteiger partial charge < -0.3 is 15.1 Å². The fourth-order valence-corrected chi connectivity index (χ4v) is 3.08. The molecule has 31 heavy (non-hydrogen) atoms. The van der Waals surface area contributed by atoms with Crippen LogP contribution >= 0.6 is 0 Å². The van der Waals surface area contributed by atoms with Gasteiger partial charge >= 0.3 is 5.76 Å². The lowest BCUT2D eigenvalue weighted by molar-refractivity contribution is -0.119. The van der Waals surface area contributed by atoms with Gasteiger partial charge in [0.05, 0.1) is 5.52 Å². The van der Waals surface area contributed by atoms with Crippen molar-refractivity contribution < 1.29 is 14.0 Å². The number of hydrogen-bond acceptors (Lipinski definition) is 6. The third-order valence-corrected chi connectivity index (χ3v) is 4.79. The highest BCUT2D eigenvalue weighted by Gasteiger charge is 2.15. The normalized spacial score (nSPS) is 11.9. The molecule has 1 atom stereocenters. The first-order valence-corrected chi connectivity index (χ1v) is 9.64. The minimum atomic E-state index is -0.510. The molecule has 0 aliphatic rings. The fourth-order valence-electron chi connectivity index (χ4n) is 3.08. The number of nitrogens with zero attached hydrogens (tertiary/aromatic N) is 4. The van der Waals surface area contributed by atoms with E-state index in [1.54, 1.807) is 55.5 Å². The molecule has 158 valence electrons. The quantitative estimate of drug-likeness (QED) is 0.473. The van der Waals surface area contributed by atoms with E-state index in [4.69, 9.17) is 4.42 Å². The molecule has 4 aromatic rings. The zero-order valence-corrected chi connectivity index (χ0v) is 16.7. The molecule has 0 saturated carbocycles. The van der Waals surface area contributed by atoms with Crippen LogP contribution in [0.25, 0.3) is 11.1 Å². The van der Waals surface area contributed by atoms with Crippen molar-refractivity contribution in [2.45, 2.75) is 25.9 Å². The molecule has 2 heterocycles. The topological polar surface area (TPSA) is 124 Å². The van der Waals surface area contributed by atoms with Gasteiger partial charge in [-0.05, 0) is 43.3 Å². The number of aromatic nitrogens is 4. The first-order valence-electron chi connectivity index (χ1n) is 9.64. The number of nitrogens with one attached hydrogen (secondary N) is 2. The molecular weight excluding hydrogens is 400 g/mol. The summed E-state index contributed by atoms with van der Waals surface area (Å²) in [5, 5.41) is 9.52. The van der Waals surface area contributed by atoms with Crippen LogP contribution in [-0.2, 0) is 16.1 Å². The van der Waals surface area contributed by atoms with Crippen molar-refractivity contribution in [1.82, 2.24) is 19.3 Å². The molecule has 0 radical (unpaired) electrons. The standard InChI is InChI=1S/C21H20N6O4/c1-14(27-13-22-12-23-27)20(29)25-16-8-6-15(7-9-16)24-19(28)10-11-26-17-4-2-3-5-18(17)31-21(26)30/h2-9,12-14H,10-11H2,1H3,(H,24,28)(H,25,29)/t14-/m1/s1. The van der Waals surface area contributed by atoms with E-state index in [0.717, 1.165) is 0 Å². The third kappa shape index (κ3) is 4.53. The zero-order valence-electron chi connectivity index (χ0n) is 16.7. The van der Waals surface area contributed by atoms with Crippen LogP contribution in [0.15, 0.2) is 70.4 Å². The van der Waals surface area contributed by atoms with Gasteiger partial charge in [-0.2, -0.15) is 5.10 Å². The van der Waals surface area contributed by atoms with E-state index in [-0.39, 0.29) is 24.8 Å². The Morgan fingerprint density at radius 3 is 2.48 bits per heavy atom. The van der Waals surface area contributed by atoms with Crippen LogP contribution in [0.4, 0.5) is 11.4 Å². The van der Waals surface area contributed by atoms with Gasteiger partial charge in [0.2, 0.25) is 11.8 Å². The summed E-state index contributed by atoms with van der Waals surface area (Å²) in [6.07, 6.45) is 2.95. The average Bonchev–Trinajstić information content (AvgIpc) is 3.40. The van der Waals surface area contributed by atoms with Gasteiger partial charge in [0, 0.05) is 24.3 Å². The van der Waals surface area contributed by atoms with Gasteiger partial charge in [0.25, 0.3) is 0 Å². The monoisotopic (exact) mass is 420 g/mol. The summed E-state index contributed by atoms with van der Waals surface area (Å²) in [5.41, 5.74) is 2.31. The Kier molecular flexibility index (Phi) is 5.61. The zero-order chi connectivity index (χ0) is 21.8. The SMILES string of the molecule is C[C@H](C(=O)Nc1ccc(NC(=O)CCn2c(=O)oc3ccccc32)cc1)n1cncn1. The Morgan fingerprint density at radius 2 is 1.77 bits per heavy atom. The molecule has 0 unspecified atom stereocenters. The fraction of sp³-hybridized carbons (Fsp3) is 0.190. The highest BCUT2D eigenvalue weighted by molar-refractivity contribution is 5.94. The summed E-state index contributed by atoms with van der Waals surface area (Å²) < 4.78 is 8.06. The van der Waals surface area contributed by atoms with Crippen LogP contribution in [0.5, 0.6) is 0 Å². The number of carbonyl (C=O) groups is 2. The average molecular weight is 420 g/mol. The van der Waals surface area contributed by atoms with E-state index >= 15 is 0 Å². The second-order valence-electron chi connectivity index (χ2n) is 6.90. The van der Waals surface area contributed by atoms with Crippen molar-refractivity contribution in [2.24, 2.45) is 0 Å². The lowest BCUT2D eigenvalue weighted by Gasteiger charge is -2.12. The molecule has 0 aliphatic heterocycles. The van der Waals surface area contributed by atoms with Crippen LogP contribution in [0.2, 0.25) is 0 Å². The molecule has 2 N–H and O–H groups in total. The van der Waals surface area contributed by atoms with Crippen LogP contribution < -0.4 is 16.4 Å². The number of benzene rings is 2. The van der Waals surface area contributed by atoms with Crippen LogP contribution in [0, 0.1) is 0 Å². The summed E-state index contributed by atoms with van der Waals surface area (Å²) in [4.78, 5) is 40.4. The summed E-state index contributed by atoms with van der Waals surface area (Å²) >= 11 is 0. The van der Waals surface area contributed by atoms with E-state index in [9.17, 15) is 14.4 Å². The molecule has 0 saturated heterocycles. The van der Waals surface area contributed by atoms with Gasteiger partial charge in [-0.15, -0.1) is 0 Å². The Bertz CT molecular complexity index is 1260.